The predicted octanol–water partition coefficient (Wildman–Crippen LogP) is 3.90. The quantitative estimate of drug-likeness (QED) is 0.811. The van der Waals surface area contributed by atoms with Crippen molar-refractivity contribution in [3.63, 3.8) is 0 Å². The minimum absolute atomic E-state index is 0.0360. The molecule has 21 heavy (non-hydrogen) atoms. The first-order valence-electron chi connectivity index (χ1n) is 7.69. The standard InChI is InChI=1S/C17H27NO2S/c1-12-6-9-15(10-16(12)20-11-14-7-8-14)13(2)18-21(19)17(3,4)5/h6,9-10,13-14,18H,7-8,11H2,1-5H3/t13-,21?/m0/s1. The molecule has 3 nitrogen and oxygen atoms in total. The maximum atomic E-state index is 12.2. The SMILES string of the molecule is Cc1ccc([C@H](C)N[S+]([O-])C(C)(C)C)cc1OCC1CC1. The van der Waals surface area contributed by atoms with Gasteiger partial charge in [-0.1, -0.05) is 12.1 Å². The molecule has 1 unspecified atom stereocenters. The van der Waals surface area contributed by atoms with Crippen molar-refractivity contribution in [3.8, 4) is 5.75 Å². The molecule has 2 rings (SSSR count). The van der Waals surface area contributed by atoms with E-state index in [0.29, 0.717) is 0 Å². The van der Waals surface area contributed by atoms with Crippen LogP contribution in [0.4, 0.5) is 0 Å². The summed E-state index contributed by atoms with van der Waals surface area (Å²) < 4.78 is 21.0. The van der Waals surface area contributed by atoms with Gasteiger partial charge in [0, 0.05) is 11.4 Å². The Kier molecular flexibility index (Phi) is 5.23. The Morgan fingerprint density at radius 3 is 2.62 bits per heavy atom. The first kappa shape index (κ1) is 16.7. The Bertz CT molecular complexity index is 480. The van der Waals surface area contributed by atoms with E-state index in [2.05, 4.69) is 29.8 Å². The third kappa shape index (κ3) is 4.90. The van der Waals surface area contributed by atoms with Gasteiger partial charge >= 0.3 is 0 Å². The van der Waals surface area contributed by atoms with Crippen molar-refractivity contribution in [2.75, 3.05) is 6.61 Å². The average molecular weight is 309 g/mol. The largest absolute Gasteiger partial charge is 0.598 e. The molecule has 4 heteroatoms. The second kappa shape index (κ2) is 6.59. The normalized spacial score (nSPS) is 18.4. The van der Waals surface area contributed by atoms with E-state index in [4.69, 9.17) is 4.74 Å². The van der Waals surface area contributed by atoms with Crippen molar-refractivity contribution in [2.45, 2.75) is 58.2 Å². The molecule has 1 N–H and O–H groups in total. The van der Waals surface area contributed by atoms with Crippen LogP contribution in [-0.4, -0.2) is 15.9 Å². The first-order valence-corrected chi connectivity index (χ1v) is 8.84. The molecule has 118 valence electrons. The van der Waals surface area contributed by atoms with E-state index in [-0.39, 0.29) is 10.8 Å². The van der Waals surface area contributed by atoms with Gasteiger partial charge in [-0.15, -0.1) is 4.72 Å². The highest BCUT2D eigenvalue weighted by Crippen LogP contribution is 2.31. The van der Waals surface area contributed by atoms with Crippen LogP contribution < -0.4 is 9.46 Å². The highest BCUT2D eigenvalue weighted by molar-refractivity contribution is 7.90. The molecular formula is C17H27NO2S. The van der Waals surface area contributed by atoms with Crippen LogP contribution in [0.15, 0.2) is 18.2 Å². The lowest BCUT2D eigenvalue weighted by molar-refractivity contribution is 0.297. The highest BCUT2D eigenvalue weighted by Gasteiger charge is 2.28. The number of aryl methyl sites for hydroxylation is 1. The van der Waals surface area contributed by atoms with Gasteiger partial charge in [-0.2, -0.15) is 0 Å². The maximum Gasteiger partial charge on any atom is 0.136 e. The number of hydrogen-bond donors (Lipinski definition) is 1. The average Bonchev–Trinajstić information content (AvgIpc) is 3.20. The van der Waals surface area contributed by atoms with E-state index in [1.807, 2.05) is 27.7 Å². The second-order valence-electron chi connectivity index (χ2n) is 7.00. The van der Waals surface area contributed by atoms with Gasteiger partial charge in [0.05, 0.1) is 12.6 Å². The van der Waals surface area contributed by atoms with Crippen LogP contribution in [-0.2, 0) is 11.4 Å². The lowest BCUT2D eigenvalue weighted by Gasteiger charge is -2.26. The molecule has 0 spiro atoms. The topological polar surface area (TPSA) is 44.3 Å². The maximum absolute atomic E-state index is 12.2. The third-order valence-electron chi connectivity index (χ3n) is 3.72. The summed E-state index contributed by atoms with van der Waals surface area (Å²) >= 11 is -1.07. The lowest BCUT2D eigenvalue weighted by atomic mass is 10.1. The summed E-state index contributed by atoms with van der Waals surface area (Å²) in [6, 6.07) is 6.27. The summed E-state index contributed by atoms with van der Waals surface area (Å²) in [7, 11) is 0. The van der Waals surface area contributed by atoms with Gasteiger partial charge in [-0.05, 0) is 70.6 Å². The number of ether oxygens (including phenoxy) is 1. The third-order valence-corrected chi connectivity index (χ3v) is 5.40. The van der Waals surface area contributed by atoms with Gasteiger partial charge in [0.25, 0.3) is 0 Å². The first-order chi connectivity index (χ1) is 9.77. The van der Waals surface area contributed by atoms with Crippen LogP contribution in [0.25, 0.3) is 0 Å². The molecular weight excluding hydrogens is 282 g/mol. The minimum atomic E-state index is -1.07. The van der Waals surface area contributed by atoms with E-state index in [9.17, 15) is 4.55 Å². The Balaban J connectivity index is 2.02. The summed E-state index contributed by atoms with van der Waals surface area (Å²) in [5, 5.41) is 0. The zero-order valence-electron chi connectivity index (χ0n) is 13.7. The smallest absolute Gasteiger partial charge is 0.136 e. The molecule has 1 fully saturated rings. The van der Waals surface area contributed by atoms with Crippen molar-refractivity contribution in [3.05, 3.63) is 29.3 Å². The molecule has 0 saturated heterocycles. The molecule has 1 aliphatic rings. The summed E-state index contributed by atoms with van der Waals surface area (Å²) in [4.78, 5) is 0. The number of nitrogens with one attached hydrogen (secondary N) is 1. The highest BCUT2D eigenvalue weighted by atomic mass is 32.2. The Morgan fingerprint density at radius 2 is 2.05 bits per heavy atom. The molecule has 0 heterocycles. The molecule has 0 bridgehead atoms. The molecule has 1 aromatic carbocycles. The van der Waals surface area contributed by atoms with Crippen LogP contribution in [0.5, 0.6) is 5.75 Å². The molecule has 2 atom stereocenters. The second-order valence-corrected chi connectivity index (χ2v) is 9.00. The predicted molar refractivity (Wildman–Crippen MR) is 88.8 cm³/mol. The molecule has 0 aliphatic heterocycles. The summed E-state index contributed by atoms with van der Waals surface area (Å²) in [6.07, 6.45) is 2.59. The van der Waals surface area contributed by atoms with E-state index in [1.165, 1.54) is 12.8 Å². The van der Waals surface area contributed by atoms with Crippen molar-refractivity contribution in [2.24, 2.45) is 5.92 Å². The van der Waals surface area contributed by atoms with Crippen LogP contribution in [0.3, 0.4) is 0 Å². The number of rotatable bonds is 6. The van der Waals surface area contributed by atoms with Gasteiger partial charge in [0.1, 0.15) is 10.5 Å². The molecule has 0 radical (unpaired) electrons. The van der Waals surface area contributed by atoms with Gasteiger partial charge < -0.3 is 9.29 Å². The van der Waals surface area contributed by atoms with Crippen molar-refractivity contribution >= 4 is 11.4 Å². The van der Waals surface area contributed by atoms with E-state index in [0.717, 1.165) is 29.4 Å². The number of hydrogen-bond acceptors (Lipinski definition) is 3. The van der Waals surface area contributed by atoms with E-state index in [1.54, 1.807) is 0 Å². The monoisotopic (exact) mass is 309 g/mol. The van der Waals surface area contributed by atoms with Crippen molar-refractivity contribution in [1.82, 2.24) is 4.72 Å². The van der Waals surface area contributed by atoms with Crippen molar-refractivity contribution in [1.29, 1.82) is 0 Å². The summed E-state index contributed by atoms with van der Waals surface area (Å²) in [5.41, 5.74) is 2.27. The molecule has 1 saturated carbocycles. The van der Waals surface area contributed by atoms with Crippen molar-refractivity contribution < 1.29 is 9.29 Å². The summed E-state index contributed by atoms with van der Waals surface area (Å²) in [5.74, 6) is 1.70. The van der Waals surface area contributed by atoms with Crippen LogP contribution in [0, 0.1) is 12.8 Å². The zero-order chi connectivity index (χ0) is 15.6. The zero-order valence-corrected chi connectivity index (χ0v) is 14.5. The molecule has 1 aromatic rings. The van der Waals surface area contributed by atoms with Gasteiger partial charge in [0.15, 0.2) is 0 Å². The lowest BCUT2D eigenvalue weighted by Crippen LogP contribution is -2.40. The molecule has 1 aliphatic carbocycles. The number of benzene rings is 1. The fourth-order valence-electron chi connectivity index (χ4n) is 1.94. The van der Waals surface area contributed by atoms with E-state index >= 15 is 0 Å². The fourth-order valence-corrected chi connectivity index (χ4v) is 2.75. The Morgan fingerprint density at radius 1 is 1.38 bits per heavy atom. The van der Waals surface area contributed by atoms with Gasteiger partial charge in [-0.25, -0.2) is 0 Å². The van der Waals surface area contributed by atoms with Crippen LogP contribution in [0.1, 0.15) is 57.7 Å². The van der Waals surface area contributed by atoms with Crippen LogP contribution >= 0.6 is 0 Å². The molecule has 0 aromatic heterocycles. The van der Waals surface area contributed by atoms with E-state index < -0.39 is 11.4 Å². The minimum Gasteiger partial charge on any atom is -0.598 e. The summed E-state index contributed by atoms with van der Waals surface area (Å²) in [6.45, 7) is 10.9. The van der Waals surface area contributed by atoms with Gasteiger partial charge in [-0.3, -0.25) is 0 Å². The molecule has 0 amide bonds. The van der Waals surface area contributed by atoms with Crippen LogP contribution in [0.2, 0.25) is 0 Å². The Hall–Kier alpha value is -0.710. The fraction of sp³-hybridized carbons (Fsp3) is 0.647. The van der Waals surface area contributed by atoms with Gasteiger partial charge in [0.2, 0.25) is 0 Å². The Labute approximate surface area is 131 Å².